The number of likely N-dealkylation sites (N-methyl/N-ethyl adjacent to an activating group) is 1. The third kappa shape index (κ3) is 8.03. The highest BCUT2D eigenvalue weighted by Gasteiger charge is 2.34. The van der Waals surface area contributed by atoms with Crippen LogP contribution in [0.2, 0.25) is 0 Å². The molecule has 1 heterocycles. The van der Waals surface area contributed by atoms with Crippen LogP contribution in [0.4, 0.5) is 0 Å². The zero-order valence-corrected chi connectivity index (χ0v) is 18.0. The third-order valence-corrected chi connectivity index (χ3v) is 4.80. The Balaban J connectivity index is 0.00000484. The predicted molar refractivity (Wildman–Crippen MR) is 110 cm³/mol. The van der Waals surface area contributed by atoms with Crippen molar-refractivity contribution < 1.29 is 4.74 Å². The molecule has 1 atom stereocenters. The molecule has 0 spiro atoms. The quantitative estimate of drug-likeness (QED) is 0.264. The van der Waals surface area contributed by atoms with Crippen LogP contribution in [0.3, 0.4) is 0 Å². The van der Waals surface area contributed by atoms with E-state index in [9.17, 15) is 0 Å². The van der Waals surface area contributed by atoms with Gasteiger partial charge in [0.1, 0.15) is 0 Å². The standard InChI is InChI=1S/C17H36N4O.HI/c1-6-7-8-9-15(2)20-16(18-3)19-14-17(21(4)5)10-12-22-13-11-17;/h15H,6-14H2,1-5H3,(H2,18,19,20);1H. The van der Waals surface area contributed by atoms with E-state index in [2.05, 4.69) is 48.5 Å². The minimum atomic E-state index is 0. The van der Waals surface area contributed by atoms with Crippen LogP contribution in [0.1, 0.15) is 52.4 Å². The summed E-state index contributed by atoms with van der Waals surface area (Å²) in [4.78, 5) is 6.71. The largest absolute Gasteiger partial charge is 0.381 e. The molecule has 23 heavy (non-hydrogen) atoms. The predicted octanol–water partition coefficient (Wildman–Crippen LogP) is 2.85. The molecule has 0 bridgehead atoms. The zero-order chi connectivity index (χ0) is 16.4. The van der Waals surface area contributed by atoms with E-state index in [1.54, 1.807) is 0 Å². The summed E-state index contributed by atoms with van der Waals surface area (Å²) < 4.78 is 5.53. The van der Waals surface area contributed by atoms with Gasteiger partial charge in [-0.05, 0) is 40.3 Å². The van der Waals surface area contributed by atoms with Crippen molar-refractivity contribution in [2.24, 2.45) is 4.99 Å². The second-order valence-electron chi connectivity index (χ2n) is 6.70. The first kappa shape index (κ1) is 22.9. The summed E-state index contributed by atoms with van der Waals surface area (Å²) >= 11 is 0. The maximum absolute atomic E-state index is 5.53. The number of nitrogens with zero attached hydrogens (tertiary/aromatic N) is 2. The van der Waals surface area contributed by atoms with Gasteiger partial charge in [0.15, 0.2) is 5.96 Å². The van der Waals surface area contributed by atoms with E-state index >= 15 is 0 Å². The number of ether oxygens (including phenoxy) is 1. The molecule has 1 aliphatic rings. The summed E-state index contributed by atoms with van der Waals surface area (Å²) in [7, 11) is 6.17. The number of rotatable bonds is 8. The van der Waals surface area contributed by atoms with Gasteiger partial charge in [-0.25, -0.2) is 0 Å². The maximum Gasteiger partial charge on any atom is 0.191 e. The number of guanidine groups is 1. The topological polar surface area (TPSA) is 48.9 Å². The van der Waals surface area contributed by atoms with E-state index in [1.165, 1.54) is 25.7 Å². The van der Waals surface area contributed by atoms with Gasteiger partial charge in [-0.2, -0.15) is 0 Å². The fourth-order valence-electron chi connectivity index (χ4n) is 2.98. The lowest BCUT2D eigenvalue weighted by Gasteiger charge is -2.43. The molecule has 0 saturated carbocycles. The molecule has 1 fully saturated rings. The van der Waals surface area contributed by atoms with Crippen LogP contribution in [0.15, 0.2) is 4.99 Å². The van der Waals surface area contributed by atoms with E-state index < -0.39 is 0 Å². The van der Waals surface area contributed by atoms with Crippen molar-refractivity contribution in [3.63, 3.8) is 0 Å². The molecule has 1 saturated heterocycles. The van der Waals surface area contributed by atoms with Crippen LogP contribution in [-0.4, -0.2) is 63.3 Å². The summed E-state index contributed by atoms with van der Waals surface area (Å²) in [6.07, 6.45) is 7.18. The number of halogens is 1. The molecule has 0 aromatic heterocycles. The van der Waals surface area contributed by atoms with Crippen LogP contribution in [0, 0.1) is 0 Å². The highest BCUT2D eigenvalue weighted by atomic mass is 127. The first-order valence-electron chi connectivity index (χ1n) is 8.76. The number of hydrogen-bond donors (Lipinski definition) is 2. The van der Waals surface area contributed by atoms with E-state index in [4.69, 9.17) is 4.74 Å². The normalized spacial score (nSPS) is 19.1. The minimum Gasteiger partial charge on any atom is -0.381 e. The molecule has 5 nitrogen and oxygen atoms in total. The van der Waals surface area contributed by atoms with Crippen LogP contribution in [0.25, 0.3) is 0 Å². The minimum absolute atomic E-state index is 0. The summed E-state index contributed by atoms with van der Waals surface area (Å²) in [5.74, 6) is 0.914. The van der Waals surface area contributed by atoms with Crippen LogP contribution < -0.4 is 10.6 Å². The van der Waals surface area contributed by atoms with Crippen LogP contribution in [-0.2, 0) is 4.74 Å². The Kier molecular flexibility index (Phi) is 12.3. The van der Waals surface area contributed by atoms with Gasteiger partial charge in [0, 0.05) is 38.4 Å². The lowest BCUT2D eigenvalue weighted by molar-refractivity contribution is -0.00502. The molecule has 6 heteroatoms. The Bertz CT molecular complexity index is 331. The number of aliphatic imine (C=N–C) groups is 1. The maximum atomic E-state index is 5.53. The van der Waals surface area contributed by atoms with Gasteiger partial charge in [-0.15, -0.1) is 24.0 Å². The van der Waals surface area contributed by atoms with Gasteiger partial charge in [-0.3, -0.25) is 4.99 Å². The van der Waals surface area contributed by atoms with Gasteiger partial charge >= 0.3 is 0 Å². The highest BCUT2D eigenvalue weighted by Crippen LogP contribution is 2.24. The lowest BCUT2D eigenvalue weighted by Crippen LogP contribution is -2.57. The molecule has 0 radical (unpaired) electrons. The Morgan fingerprint density at radius 3 is 2.43 bits per heavy atom. The van der Waals surface area contributed by atoms with Crippen molar-refractivity contribution >= 4 is 29.9 Å². The second-order valence-corrected chi connectivity index (χ2v) is 6.70. The van der Waals surface area contributed by atoms with Crippen molar-refractivity contribution in [1.82, 2.24) is 15.5 Å². The van der Waals surface area contributed by atoms with Gasteiger partial charge < -0.3 is 20.3 Å². The lowest BCUT2D eigenvalue weighted by atomic mass is 9.88. The van der Waals surface area contributed by atoms with E-state index in [1.807, 2.05) is 7.05 Å². The monoisotopic (exact) mass is 440 g/mol. The summed E-state index contributed by atoms with van der Waals surface area (Å²) in [5.41, 5.74) is 0.168. The number of unbranched alkanes of at least 4 members (excludes halogenated alkanes) is 2. The third-order valence-electron chi connectivity index (χ3n) is 4.80. The van der Waals surface area contributed by atoms with Crippen LogP contribution in [0.5, 0.6) is 0 Å². The molecule has 2 N–H and O–H groups in total. The first-order chi connectivity index (χ1) is 10.5. The molecule has 1 aliphatic heterocycles. The molecular weight excluding hydrogens is 403 g/mol. The van der Waals surface area contributed by atoms with Crippen molar-refractivity contribution in [2.75, 3.05) is 40.9 Å². The number of nitrogens with one attached hydrogen (secondary N) is 2. The molecular formula is C17H37IN4O. The summed E-state index contributed by atoms with van der Waals surface area (Å²) in [5, 5.41) is 7.03. The Labute approximate surface area is 160 Å². The Morgan fingerprint density at radius 2 is 1.91 bits per heavy atom. The molecule has 0 aromatic carbocycles. The Morgan fingerprint density at radius 1 is 1.26 bits per heavy atom. The van der Waals surface area contributed by atoms with Crippen molar-refractivity contribution in [2.45, 2.75) is 64.0 Å². The average molecular weight is 440 g/mol. The van der Waals surface area contributed by atoms with Gasteiger partial charge in [0.25, 0.3) is 0 Å². The fourth-order valence-corrected chi connectivity index (χ4v) is 2.98. The molecule has 1 unspecified atom stereocenters. The summed E-state index contributed by atoms with van der Waals surface area (Å²) in [6.45, 7) is 7.08. The highest BCUT2D eigenvalue weighted by molar-refractivity contribution is 14.0. The van der Waals surface area contributed by atoms with Crippen molar-refractivity contribution in [3.8, 4) is 0 Å². The smallest absolute Gasteiger partial charge is 0.191 e. The zero-order valence-electron chi connectivity index (χ0n) is 15.7. The van der Waals surface area contributed by atoms with Gasteiger partial charge in [0.2, 0.25) is 0 Å². The van der Waals surface area contributed by atoms with Gasteiger partial charge in [0.05, 0.1) is 0 Å². The summed E-state index contributed by atoms with van der Waals surface area (Å²) in [6, 6.07) is 0.461. The van der Waals surface area contributed by atoms with Crippen LogP contribution >= 0.6 is 24.0 Å². The van der Waals surface area contributed by atoms with E-state index in [0.29, 0.717) is 6.04 Å². The molecule has 1 rings (SSSR count). The molecule has 0 amide bonds. The van der Waals surface area contributed by atoms with Crippen molar-refractivity contribution in [1.29, 1.82) is 0 Å². The fraction of sp³-hybridized carbons (Fsp3) is 0.941. The first-order valence-corrected chi connectivity index (χ1v) is 8.76. The van der Waals surface area contributed by atoms with E-state index in [0.717, 1.165) is 38.6 Å². The SMILES string of the molecule is CCCCCC(C)NC(=NC)NCC1(N(C)C)CCOCC1.I. The van der Waals surface area contributed by atoms with Crippen molar-refractivity contribution in [3.05, 3.63) is 0 Å². The van der Waals surface area contributed by atoms with Gasteiger partial charge in [-0.1, -0.05) is 26.2 Å². The second kappa shape index (κ2) is 12.3. The molecule has 0 aromatic rings. The molecule has 138 valence electrons. The average Bonchev–Trinajstić information content (AvgIpc) is 2.52. The van der Waals surface area contributed by atoms with E-state index in [-0.39, 0.29) is 29.5 Å². The molecule has 0 aliphatic carbocycles. The number of hydrogen-bond acceptors (Lipinski definition) is 3. The Hall–Kier alpha value is -0.0800.